The van der Waals surface area contributed by atoms with Gasteiger partial charge in [-0.1, -0.05) is 134 Å². The third kappa shape index (κ3) is 5.02. The molecule has 5 heterocycles. The summed E-state index contributed by atoms with van der Waals surface area (Å²) in [4.78, 5) is 0. The summed E-state index contributed by atoms with van der Waals surface area (Å²) >= 11 is 0. The van der Waals surface area contributed by atoms with Crippen LogP contribution >= 0.6 is 0 Å². The van der Waals surface area contributed by atoms with Gasteiger partial charge in [0.2, 0.25) is 5.69 Å². The molecule has 0 saturated carbocycles. The van der Waals surface area contributed by atoms with Crippen molar-refractivity contribution < 1.29 is 19.4 Å². The predicted molar refractivity (Wildman–Crippen MR) is 240 cm³/mol. The minimum Gasteiger partial charge on any atom is -0.392 e. The molecule has 3 aliphatic heterocycles. The molecule has 0 aliphatic carbocycles. The molecule has 0 N–H and O–H groups in total. The summed E-state index contributed by atoms with van der Waals surface area (Å²) < 4.78 is 47.9. The second-order valence-electron chi connectivity index (χ2n) is 18.9. The molecule has 0 radical (unpaired) electrons. The van der Waals surface area contributed by atoms with Gasteiger partial charge in [-0.3, -0.25) is 0 Å². The maximum Gasteiger partial charge on any atom is 0.499 e. The molecule has 11 rings (SSSR count). The van der Waals surface area contributed by atoms with Crippen LogP contribution in [0.25, 0.3) is 72.7 Å². The third-order valence-electron chi connectivity index (χ3n) is 12.9. The summed E-state index contributed by atoms with van der Waals surface area (Å²) in [6, 6.07) is 46.9. The lowest BCUT2D eigenvalue weighted by Crippen LogP contribution is -2.78. The van der Waals surface area contributed by atoms with Gasteiger partial charge < -0.3 is 4.74 Å². The molecule has 1 spiro atoms. The maximum absolute atomic E-state index is 9.15. The van der Waals surface area contributed by atoms with Crippen molar-refractivity contribution >= 4 is 11.0 Å². The first kappa shape index (κ1) is 31.7. The van der Waals surface area contributed by atoms with E-state index in [1.165, 1.54) is 11.1 Å². The smallest absolute Gasteiger partial charge is 0.392 e. The molecule has 1 unspecified atom stereocenters. The molecule has 1 atom stereocenters. The number of imidazole rings is 1. The second kappa shape index (κ2) is 12.1. The van der Waals surface area contributed by atoms with Crippen LogP contribution in [-0.4, -0.2) is 4.57 Å². The number of para-hydroxylation sites is 2. The molecule has 6 aromatic carbocycles. The Morgan fingerprint density at radius 1 is 0.644 bits per heavy atom. The minimum absolute atomic E-state index is 0.00341. The van der Waals surface area contributed by atoms with Gasteiger partial charge >= 0.3 is 11.7 Å². The van der Waals surface area contributed by atoms with E-state index < -0.39 is 18.6 Å². The van der Waals surface area contributed by atoms with Gasteiger partial charge in [0.05, 0.1) is 5.56 Å². The molecule has 0 saturated heterocycles. The third-order valence-corrected chi connectivity index (χ3v) is 12.9. The van der Waals surface area contributed by atoms with Crippen molar-refractivity contribution in [1.29, 1.82) is 0 Å². The van der Waals surface area contributed by atoms with Crippen LogP contribution in [0.4, 0.5) is 0 Å². The van der Waals surface area contributed by atoms with Gasteiger partial charge in [0, 0.05) is 34.3 Å². The zero-order valence-corrected chi connectivity index (χ0v) is 35.0. The molecular formula is C55H51N3O+2. The second-order valence-corrected chi connectivity index (χ2v) is 18.9. The van der Waals surface area contributed by atoms with Gasteiger partial charge in [0.25, 0.3) is 0 Å². The van der Waals surface area contributed by atoms with Gasteiger partial charge in [0.15, 0.2) is 17.2 Å². The Kier molecular flexibility index (Phi) is 6.52. The molecule has 4 nitrogen and oxygen atoms in total. The number of aromatic nitrogens is 3. The van der Waals surface area contributed by atoms with Gasteiger partial charge in [-0.2, -0.15) is 4.57 Å². The molecule has 3 aliphatic rings. The highest BCUT2D eigenvalue weighted by molar-refractivity contribution is 5.98. The van der Waals surface area contributed by atoms with Crippen LogP contribution in [0.3, 0.4) is 0 Å². The molecule has 0 bridgehead atoms. The fraction of sp³-hybridized carbons (Fsp3) is 0.236. The highest BCUT2D eigenvalue weighted by Gasteiger charge is 2.68. The van der Waals surface area contributed by atoms with E-state index >= 15 is 0 Å². The summed E-state index contributed by atoms with van der Waals surface area (Å²) in [6.45, 7) is 15.3. The Bertz CT molecular complexity index is 3230. The van der Waals surface area contributed by atoms with Crippen molar-refractivity contribution in [2.45, 2.75) is 84.8 Å². The first-order valence-corrected chi connectivity index (χ1v) is 20.8. The number of benzene rings is 6. The maximum atomic E-state index is 9.15. The monoisotopic (exact) mass is 773 g/mol. The summed E-state index contributed by atoms with van der Waals surface area (Å²) in [6.07, 6.45) is 2.15. The van der Waals surface area contributed by atoms with Crippen LogP contribution in [-0.2, 0) is 16.7 Å². The van der Waals surface area contributed by atoms with Crippen molar-refractivity contribution in [2.24, 2.45) is 0 Å². The average Bonchev–Trinajstić information content (AvgIpc) is 3.73. The predicted octanol–water partition coefficient (Wildman–Crippen LogP) is 12.8. The first-order valence-electron chi connectivity index (χ1n) is 22.8. The van der Waals surface area contributed by atoms with E-state index in [0.29, 0.717) is 5.56 Å². The van der Waals surface area contributed by atoms with E-state index in [4.69, 9.17) is 10.2 Å². The van der Waals surface area contributed by atoms with Crippen LogP contribution in [0.15, 0.2) is 140 Å². The van der Waals surface area contributed by atoms with Crippen LogP contribution in [0, 0.1) is 6.85 Å². The van der Waals surface area contributed by atoms with Crippen molar-refractivity contribution in [3.8, 4) is 67.5 Å². The lowest BCUT2D eigenvalue weighted by atomic mass is 9.80. The highest BCUT2D eigenvalue weighted by atomic mass is 16.5. The lowest BCUT2D eigenvalue weighted by molar-refractivity contribution is -0.997. The zero-order chi connectivity index (χ0) is 44.2. The SMILES string of the molecule is [2H]C([2H])([2H])c1ccc(-c2cc[n+]3c(c2)-c2cc(C(C)(C)C)cc4c2C32Oc3ccccc3-c3n(-c5ccc(C([2H])(C)C)cc5-c5ccc(C(C)(C)C)cc5)c5cccc-4c5[n+]32)cc1. The van der Waals surface area contributed by atoms with Crippen LogP contribution < -0.4 is 13.9 Å². The van der Waals surface area contributed by atoms with Crippen LogP contribution in [0.2, 0.25) is 0 Å². The number of pyridine rings is 1. The average molecular weight is 774 g/mol. The number of nitrogens with zero attached hydrogens (tertiary/aromatic N) is 3. The molecule has 8 aromatic rings. The molecule has 0 amide bonds. The molecule has 0 fully saturated rings. The summed E-state index contributed by atoms with van der Waals surface area (Å²) in [5.41, 5.74) is 17.3. The van der Waals surface area contributed by atoms with Crippen molar-refractivity contribution in [3.05, 3.63) is 167 Å². The normalized spacial score (nSPS) is 17.3. The quantitative estimate of drug-likeness (QED) is 0.163. The number of ether oxygens (including phenoxy) is 1. The molecule has 59 heavy (non-hydrogen) atoms. The van der Waals surface area contributed by atoms with E-state index in [2.05, 4.69) is 171 Å². The van der Waals surface area contributed by atoms with Gasteiger partial charge in [-0.15, -0.1) is 9.13 Å². The number of rotatable bonds is 4. The molecule has 4 heteroatoms. The summed E-state index contributed by atoms with van der Waals surface area (Å²) in [5, 5.41) is 0. The Balaban J connectivity index is 1.25. The fourth-order valence-corrected chi connectivity index (χ4v) is 9.72. The van der Waals surface area contributed by atoms with E-state index in [1.807, 2.05) is 26.0 Å². The Morgan fingerprint density at radius 3 is 2.08 bits per heavy atom. The van der Waals surface area contributed by atoms with Gasteiger partial charge in [-0.05, 0) is 105 Å². The Hall–Kier alpha value is -6.26. The van der Waals surface area contributed by atoms with Gasteiger partial charge in [0.1, 0.15) is 22.6 Å². The summed E-state index contributed by atoms with van der Waals surface area (Å²) in [5.74, 6) is -0.147. The van der Waals surface area contributed by atoms with E-state index in [0.717, 1.165) is 89.6 Å². The molecular weight excluding hydrogens is 719 g/mol. The van der Waals surface area contributed by atoms with E-state index in [9.17, 15) is 0 Å². The highest BCUT2D eigenvalue weighted by Crippen LogP contribution is 2.54. The standard InChI is InChI=1S/C55H51N3O/c1-33(2)37-23-26-46(43(29-37)36-21-24-39(25-22-36)53(4,5)6)57-47-15-12-14-41-44-31-40(54(7,8)9)32-45-48-30-38(35-19-17-34(3)18-20-35)27-28-56(48)55(50(44)45)58(51(41)47)52(57)42-13-10-11-16-49(42)59-55/h10-33H,1-9H3/q+2/i3D3,33D. The van der Waals surface area contributed by atoms with Crippen molar-refractivity contribution in [2.75, 3.05) is 0 Å². The van der Waals surface area contributed by atoms with Crippen LogP contribution in [0.1, 0.15) is 94.6 Å². The van der Waals surface area contributed by atoms with E-state index in [-0.39, 0.29) is 10.8 Å². The number of hydrogen-bond donors (Lipinski definition) is 0. The Labute approximate surface area is 353 Å². The van der Waals surface area contributed by atoms with Crippen molar-refractivity contribution in [1.82, 2.24) is 4.57 Å². The first-order chi connectivity index (χ1) is 29.7. The number of hydrogen-bond acceptors (Lipinski definition) is 1. The topological polar surface area (TPSA) is 21.9 Å². The minimum atomic E-state index is -2.18. The van der Waals surface area contributed by atoms with E-state index in [1.54, 1.807) is 12.1 Å². The fourth-order valence-electron chi connectivity index (χ4n) is 9.72. The van der Waals surface area contributed by atoms with Crippen molar-refractivity contribution in [3.63, 3.8) is 0 Å². The van der Waals surface area contributed by atoms with Crippen LogP contribution in [0.5, 0.6) is 5.75 Å². The summed E-state index contributed by atoms with van der Waals surface area (Å²) in [7, 11) is 0. The molecule has 290 valence electrons. The number of aryl methyl sites for hydroxylation is 1. The lowest BCUT2D eigenvalue weighted by Gasteiger charge is -2.32. The Morgan fingerprint density at radius 2 is 1.36 bits per heavy atom. The molecule has 2 aromatic heterocycles. The largest absolute Gasteiger partial charge is 0.499 e. The number of fused-ring (bicyclic) bond motifs is 5. The van der Waals surface area contributed by atoms with Gasteiger partial charge in [-0.25, -0.2) is 0 Å². The zero-order valence-electron chi connectivity index (χ0n) is 39.0.